The third-order valence-electron chi connectivity index (χ3n) is 5.28. The van der Waals surface area contributed by atoms with Gasteiger partial charge in [0.1, 0.15) is 22.5 Å². The highest BCUT2D eigenvalue weighted by atomic mass is 32.2. The van der Waals surface area contributed by atoms with Gasteiger partial charge in [0.05, 0.1) is 11.3 Å². The van der Waals surface area contributed by atoms with Gasteiger partial charge in [-0.2, -0.15) is 0 Å². The number of anilines is 2. The molecule has 2 aromatic heterocycles. The number of rotatable bonds is 8. The molecule has 7 nitrogen and oxygen atoms in total. The number of aromatic amines is 1. The molecule has 0 fully saturated rings. The molecule has 4 rings (SSSR count). The van der Waals surface area contributed by atoms with Gasteiger partial charge < -0.3 is 20.8 Å². The molecule has 1 unspecified atom stereocenters. The first kappa shape index (κ1) is 23.2. The zero-order valence-electron chi connectivity index (χ0n) is 18.1. The third kappa shape index (κ3) is 4.32. The van der Waals surface area contributed by atoms with Gasteiger partial charge in [0, 0.05) is 52.1 Å². The van der Waals surface area contributed by atoms with Crippen LogP contribution in [-0.2, 0) is 11.0 Å². The van der Waals surface area contributed by atoms with Crippen molar-refractivity contribution in [3.05, 3.63) is 77.1 Å². The first-order valence-electron chi connectivity index (χ1n) is 10.4. The van der Waals surface area contributed by atoms with Crippen LogP contribution in [0.25, 0.3) is 22.2 Å². The fourth-order valence-corrected chi connectivity index (χ4v) is 4.44. The van der Waals surface area contributed by atoms with E-state index in [2.05, 4.69) is 14.7 Å². The maximum absolute atomic E-state index is 15.1. The predicted molar refractivity (Wildman–Crippen MR) is 131 cm³/mol. The van der Waals surface area contributed by atoms with E-state index in [-0.39, 0.29) is 17.0 Å². The van der Waals surface area contributed by atoms with Crippen molar-refractivity contribution in [2.45, 2.75) is 13.3 Å². The molecule has 0 saturated carbocycles. The number of fused-ring (bicyclic) bond motifs is 1. The van der Waals surface area contributed by atoms with Crippen LogP contribution in [-0.4, -0.2) is 31.9 Å². The maximum atomic E-state index is 15.1. The Bertz CT molecular complexity index is 1450. The van der Waals surface area contributed by atoms with Gasteiger partial charge in [-0.1, -0.05) is 13.0 Å². The summed E-state index contributed by atoms with van der Waals surface area (Å²) in [5.74, 6) is -2.73. The fraction of sp³-hybridized carbons (Fsp3) is 0.125. The summed E-state index contributed by atoms with van der Waals surface area (Å²) in [6.45, 7) is 1.82. The molecule has 10 heteroatoms. The predicted octanol–water partition coefficient (Wildman–Crippen LogP) is 4.80. The topological polar surface area (TPSA) is 125 Å². The molecule has 0 aliphatic rings. The lowest BCUT2D eigenvalue weighted by Gasteiger charge is -2.10. The van der Waals surface area contributed by atoms with Crippen LogP contribution in [0.1, 0.15) is 34.8 Å². The van der Waals surface area contributed by atoms with Gasteiger partial charge in [0.25, 0.3) is 0 Å². The zero-order valence-corrected chi connectivity index (χ0v) is 18.9. The first-order chi connectivity index (χ1) is 16.3. The quantitative estimate of drug-likeness (QED) is 0.164. The molecular weight excluding hydrogens is 460 g/mol. The summed E-state index contributed by atoms with van der Waals surface area (Å²) in [5.41, 5.74) is 7.63. The Balaban J connectivity index is 1.77. The van der Waals surface area contributed by atoms with Crippen molar-refractivity contribution in [2.75, 3.05) is 16.2 Å². The van der Waals surface area contributed by atoms with E-state index in [1.807, 2.05) is 6.92 Å². The second kappa shape index (κ2) is 9.52. The van der Waals surface area contributed by atoms with E-state index in [4.69, 9.17) is 11.1 Å². The van der Waals surface area contributed by atoms with Crippen LogP contribution in [0.5, 0.6) is 0 Å². The minimum Gasteiger partial charge on any atom is -0.398 e. The molecule has 174 valence electrons. The van der Waals surface area contributed by atoms with Gasteiger partial charge in [0.2, 0.25) is 5.78 Å². The minimum atomic E-state index is -1.56. The van der Waals surface area contributed by atoms with Crippen molar-refractivity contribution in [2.24, 2.45) is 0 Å². The lowest BCUT2D eigenvalue weighted by Crippen LogP contribution is -2.13. The second-order valence-electron chi connectivity index (χ2n) is 7.58. The van der Waals surface area contributed by atoms with Crippen LogP contribution in [0.3, 0.4) is 0 Å². The SMILES string of the molecule is CCCS(=O)Nc1ccc(F)c(C(=O)c2c[nH]c3ncc(-c4ccc(N)c(C=N)c4)cc23)c1F. The lowest BCUT2D eigenvalue weighted by molar-refractivity contribution is 0.103. The zero-order chi connectivity index (χ0) is 24.4. The van der Waals surface area contributed by atoms with Crippen molar-refractivity contribution in [1.29, 1.82) is 5.41 Å². The van der Waals surface area contributed by atoms with Crippen LogP contribution in [0, 0.1) is 17.0 Å². The molecule has 4 aromatic rings. The van der Waals surface area contributed by atoms with Crippen LogP contribution in [0.4, 0.5) is 20.2 Å². The standard InChI is InChI=1S/C24H21F2N5O2S/c1-2-7-34(33)31-20-6-4-18(25)21(22(20)26)23(32)17-12-30-24-16(17)9-15(11-29-24)13-3-5-19(28)14(8-13)10-27/h3-6,8-12,27,31H,2,7,28H2,1H3,(H,29,30). The van der Waals surface area contributed by atoms with Gasteiger partial charge in [-0.3, -0.25) is 4.79 Å². The average Bonchev–Trinajstić information content (AvgIpc) is 3.25. The number of nitrogens with one attached hydrogen (secondary N) is 3. The number of benzene rings is 2. The van der Waals surface area contributed by atoms with Gasteiger partial charge >= 0.3 is 0 Å². The number of nitrogen functional groups attached to an aromatic ring is 1. The molecule has 0 amide bonds. The van der Waals surface area contributed by atoms with Gasteiger partial charge in [-0.05, 0) is 42.3 Å². The Hall–Kier alpha value is -3.92. The molecule has 34 heavy (non-hydrogen) atoms. The van der Waals surface area contributed by atoms with Crippen LogP contribution in [0.2, 0.25) is 0 Å². The number of hydrogen-bond donors (Lipinski definition) is 4. The molecule has 0 saturated heterocycles. The summed E-state index contributed by atoms with van der Waals surface area (Å²) < 4.78 is 44.2. The van der Waals surface area contributed by atoms with Crippen LogP contribution in [0.15, 0.2) is 48.8 Å². The Morgan fingerprint density at radius 2 is 2.03 bits per heavy atom. The number of H-pyrrole nitrogens is 1. The molecule has 2 heterocycles. The number of hydrogen-bond acceptors (Lipinski definition) is 5. The number of carbonyl (C=O) groups is 1. The smallest absolute Gasteiger partial charge is 0.201 e. The fourth-order valence-electron chi connectivity index (χ4n) is 3.56. The summed E-state index contributed by atoms with van der Waals surface area (Å²) in [6.07, 6.45) is 4.68. The molecular formula is C24H21F2N5O2S. The first-order valence-corrected chi connectivity index (χ1v) is 11.7. The number of nitrogens with two attached hydrogens (primary N) is 1. The van der Waals surface area contributed by atoms with E-state index in [1.54, 1.807) is 30.5 Å². The third-order valence-corrected chi connectivity index (χ3v) is 6.51. The Morgan fingerprint density at radius 1 is 1.24 bits per heavy atom. The second-order valence-corrected chi connectivity index (χ2v) is 8.88. The summed E-state index contributed by atoms with van der Waals surface area (Å²) in [7, 11) is -1.56. The van der Waals surface area contributed by atoms with Crippen molar-refractivity contribution in [3.63, 3.8) is 0 Å². The van der Waals surface area contributed by atoms with Crippen molar-refractivity contribution < 1.29 is 17.8 Å². The number of nitrogens with zero attached hydrogens (tertiary/aromatic N) is 1. The number of aromatic nitrogens is 2. The largest absolute Gasteiger partial charge is 0.398 e. The van der Waals surface area contributed by atoms with Crippen molar-refractivity contribution in [1.82, 2.24) is 9.97 Å². The molecule has 0 bridgehead atoms. The molecule has 0 spiro atoms. The molecule has 0 radical (unpaired) electrons. The Morgan fingerprint density at radius 3 is 2.76 bits per heavy atom. The summed E-state index contributed by atoms with van der Waals surface area (Å²) in [5, 5.41) is 7.87. The Labute approximate surface area is 196 Å². The summed E-state index contributed by atoms with van der Waals surface area (Å²) in [6, 6.07) is 8.89. The highest BCUT2D eigenvalue weighted by Gasteiger charge is 2.25. The number of pyridine rings is 1. The van der Waals surface area contributed by atoms with E-state index in [9.17, 15) is 13.4 Å². The summed E-state index contributed by atoms with van der Waals surface area (Å²) in [4.78, 5) is 20.4. The van der Waals surface area contributed by atoms with E-state index in [1.165, 1.54) is 6.20 Å². The highest BCUT2D eigenvalue weighted by molar-refractivity contribution is 7.86. The number of ketones is 1. The highest BCUT2D eigenvalue weighted by Crippen LogP contribution is 2.30. The maximum Gasteiger partial charge on any atom is 0.201 e. The average molecular weight is 482 g/mol. The van der Waals surface area contributed by atoms with Gasteiger partial charge in [-0.25, -0.2) is 18.0 Å². The number of halogens is 2. The van der Waals surface area contributed by atoms with Gasteiger partial charge in [0.15, 0.2) is 5.82 Å². The van der Waals surface area contributed by atoms with Crippen LogP contribution < -0.4 is 10.5 Å². The Kier molecular flexibility index (Phi) is 6.51. The molecule has 0 aliphatic carbocycles. The molecule has 0 aliphatic heterocycles. The van der Waals surface area contributed by atoms with Crippen molar-refractivity contribution in [3.8, 4) is 11.1 Å². The van der Waals surface area contributed by atoms with Crippen LogP contribution >= 0.6 is 0 Å². The summed E-state index contributed by atoms with van der Waals surface area (Å²) >= 11 is 0. The minimum absolute atomic E-state index is 0.0386. The van der Waals surface area contributed by atoms with E-state index in [0.29, 0.717) is 39.8 Å². The van der Waals surface area contributed by atoms with E-state index < -0.39 is 34.0 Å². The number of carbonyl (C=O) groups excluding carboxylic acids is 1. The normalized spacial score (nSPS) is 12.0. The van der Waals surface area contributed by atoms with E-state index in [0.717, 1.165) is 18.3 Å². The molecule has 1 atom stereocenters. The molecule has 2 aromatic carbocycles. The van der Waals surface area contributed by atoms with Crippen molar-refractivity contribution >= 4 is 45.4 Å². The van der Waals surface area contributed by atoms with Gasteiger partial charge in [-0.15, -0.1) is 0 Å². The molecule has 5 N–H and O–H groups in total. The monoisotopic (exact) mass is 481 g/mol. The lowest BCUT2D eigenvalue weighted by atomic mass is 9.99. The van der Waals surface area contributed by atoms with E-state index >= 15 is 4.39 Å².